The number of carbonyl (C=O) groups excluding carboxylic acids is 2. The number of nitrogens with zero attached hydrogens (tertiary/aromatic N) is 1. The number of amides is 1. The SMILES string of the molecule is COC(=O)c1sccc1S(=O)(=O)NNC(=O)[C@H](C)Oc1ccc(C#N)cc1. The van der Waals surface area contributed by atoms with Gasteiger partial charge in [0.25, 0.3) is 15.9 Å². The molecule has 27 heavy (non-hydrogen) atoms. The summed E-state index contributed by atoms with van der Waals surface area (Å²) in [5, 5.41) is 10.2. The van der Waals surface area contributed by atoms with Crippen molar-refractivity contribution >= 4 is 33.2 Å². The van der Waals surface area contributed by atoms with Gasteiger partial charge >= 0.3 is 5.97 Å². The third-order valence-electron chi connectivity index (χ3n) is 3.26. The number of carbonyl (C=O) groups is 2. The molecule has 1 aromatic heterocycles. The van der Waals surface area contributed by atoms with Crippen molar-refractivity contribution in [2.45, 2.75) is 17.9 Å². The molecule has 2 N–H and O–H groups in total. The van der Waals surface area contributed by atoms with E-state index in [1.165, 1.54) is 42.6 Å². The minimum atomic E-state index is -4.18. The molecule has 0 radical (unpaired) electrons. The van der Waals surface area contributed by atoms with Crippen LogP contribution in [0, 0.1) is 11.3 Å². The highest BCUT2D eigenvalue weighted by Crippen LogP contribution is 2.22. The van der Waals surface area contributed by atoms with Gasteiger partial charge < -0.3 is 9.47 Å². The van der Waals surface area contributed by atoms with E-state index in [-0.39, 0.29) is 9.77 Å². The molecule has 0 fully saturated rings. The van der Waals surface area contributed by atoms with Crippen molar-refractivity contribution in [3.05, 3.63) is 46.2 Å². The van der Waals surface area contributed by atoms with Crippen LogP contribution in [-0.2, 0) is 19.6 Å². The van der Waals surface area contributed by atoms with E-state index in [1.54, 1.807) is 0 Å². The first-order valence-corrected chi connectivity index (χ1v) is 9.79. The summed E-state index contributed by atoms with van der Waals surface area (Å²) in [7, 11) is -3.04. The lowest BCUT2D eigenvalue weighted by Crippen LogP contribution is -2.47. The molecule has 2 rings (SSSR count). The van der Waals surface area contributed by atoms with Crippen molar-refractivity contribution in [3.63, 3.8) is 0 Å². The number of sulfonamides is 1. The number of esters is 1. The van der Waals surface area contributed by atoms with Gasteiger partial charge in [-0.05, 0) is 42.6 Å². The molecule has 0 saturated carbocycles. The molecule has 0 aliphatic heterocycles. The molecule has 1 heterocycles. The van der Waals surface area contributed by atoms with Gasteiger partial charge in [0, 0.05) is 0 Å². The highest BCUT2D eigenvalue weighted by molar-refractivity contribution is 7.89. The maximum absolute atomic E-state index is 12.3. The highest BCUT2D eigenvalue weighted by atomic mass is 32.2. The molecule has 0 bridgehead atoms. The first-order chi connectivity index (χ1) is 12.8. The Morgan fingerprint density at radius 1 is 1.22 bits per heavy atom. The summed E-state index contributed by atoms with van der Waals surface area (Å²) in [6.45, 7) is 1.42. The summed E-state index contributed by atoms with van der Waals surface area (Å²) in [5.41, 5.74) is 2.47. The standard InChI is InChI=1S/C16H15N3O6S2/c1-10(25-12-5-3-11(9-17)4-6-12)15(20)18-19-27(22,23)13-7-8-26-14(13)16(21)24-2/h3-8,10,19H,1-2H3,(H,18,20)/t10-/m0/s1. The zero-order chi connectivity index (χ0) is 20.0. The second-order valence-corrected chi connectivity index (χ2v) is 7.66. The number of benzene rings is 1. The summed E-state index contributed by atoms with van der Waals surface area (Å²) >= 11 is 0.900. The summed E-state index contributed by atoms with van der Waals surface area (Å²) in [6, 6.07) is 9.25. The minimum Gasteiger partial charge on any atom is -0.481 e. The van der Waals surface area contributed by atoms with Crippen LogP contribution < -0.4 is 15.0 Å². The molecule has 9 nitrogen and oxygen atoms in total. The molecular weight excluding hydrogens is 394 g/mol. The summed E-state index contributed by atoms with van der Waals surface area (Å²) in [5.74, 6) is -1.21. The molecule has 0 saturated heterocycles. The lowest BCUT2D eigenvalue weighted by molar-refractivity contribution is -0.127. The van der Waals surface area contributed by atoms with Crippen LogP contribution in [0.4, 0.5) is 0 Å². The number of ether oxygens (including phenoxy) is 2. The molecule has 2 aromatic rings. The zero-order valence-corrected chi connectivity index (χ0v) is 15.9. The topological polar surface area (TPSA) is 135 Å². The maximum Gasteiger partial charge on any atom is 0.349 e. The molecule has 0 aliphatic carbocycles. The van der Waals surface area contributed by atoms with E-state index in [4.69, 9.17) is 10.00 Å². The number of methoxy groups -OCH3 is 1. The molecule has 1 amide bonds. The van der Waals surface area contributed by atoms with Gasteiger partial charge in [0.1, 0.15) is 15.5 Å². The van der Waals surface area contributed by atoms with Gasteiger partial charge in [-0.1, -0.05) is 0 Å². The van der Waals surface area contributed by atoms with Crippen LogP contribution in [0.5, 0.6) is 5.75 Å². The summed E-state index contributed by atoms with van der Waals surface area (Å²) in [6.07, 6.45) is -1.02. The fourth-order valence-corrected chi connectivity index (χ4v) is 4.07. The van der Waals surface area contributed by atoms with Crippen LogP contribution >= 0.6 is 11.3 Å². The predicted octanol–water partition coefficient (Wildman–Crippen LogP) is 1.18. The Labute approximate surface area is 159 Å². The average Bonchev–Trinajstić information content (AvgIpc) is 3.17. The van der Waals surface area contributed by atoms with Crippen LogP contribution in [0.25, 0.3) is 0 Å². The van der Waals surface area contributed by atoms with Crippen LogP contribution in [0.15, 0.2) is 40.6 Å². The van der Waals surface area contributed by atoms with Gasteiger partial charge in [-0.2, -0.15) is 5.26 Å². The summed E-state index contributed by atoms with van der Waals surface area (Å²) in [4.78, 5) is 25.2. The van der Waals surface area contributed by atoms with Crippen molar-refractivity contribution in [2.75, 3.05) is 7.11 Å². The van der Waals surface area contributed by atoms with Gasteiger partial charge in [-0.15, -0.1) is 16.2 Å². The number of rotatable bonds is 7. The quantitative estimate of drug-likeness (QED) is 0.518. The Kier molecular flexibility index (Phi) is 6.51. The number of hydrazine groups is 1. The van der Waals surface area contributed by atoms with Crippen molar-refractivity contribution in [1.29, 1.82) is 5.26 Å². The van der Waals surface area contributed by atoms with E-state index in [0.29, 0.717) is 11.3 Å². The van der Waals surface area contributed by atoms with E-state index in [1.807, 2.05) is 16.3 Å². The number of thiophene rings is 1. The van der Waals surface area contributed by atoms with Crippen LogP contribution in [0.1, 0.15) is 22.2 Å². The van der Waals surface area contributed by atoms with E-state index < -0.39 is 28.0 Å². The van der Waals surface area contributed by atoms with E-state index in [2.05, 4.69) is 4.74 Å². The Bertz CT molecular complexity index is 976. The highest BCUT2D eigenvalue weighted by Gasteiger charge is 2.26. The van der Waals surface area contributed by atoms with Crippen molar-refractivity contribution in [3.8, 4) is 11.8 Å². The van der Waals surface area contributed by atoms with Gasteiger partial charge in [0.2, 0.25) is 0 Å². The second-order valence-electron chi connectivity index (χ2n) is 5.10. The van der Waals surface area contributed by atoms with Crippen LogP contribution in [0.3, 0.4) is 0 Å². The fourth-order valence-electron chi connectivity index (χ4n) is 1.89. The van der Waals surface area contributed by atoms with Gasteiger partial charge in [-0.25, -0.2) is 13.2 Å². The molecule has 0 spiro atoms. The Balaban J connectivity index is 2.00. The maximum atomic E-state index is 12.3. The third-order valence-corrected chi connectivity index (χ3v) is 5.58. The molecule has 1 atom stereocenters. The Morgan fingerprint density at radius 2 is 1.89 bits per heavy atom. The lowest BCUT2D eigenvalue weighted by atomic mass is 10.2. The Morgan fingerprint density at radius 3 is 2.48 bits per heavy atom. The van der Waals surface area contributed by atoms with Crippen molar-refractivity contribution in [1.82, 2.24) is 10.3 Å². The second kappa shape index (κ2) is 8.63. The van der Waals surface area contributed by atoms with Gasteiger partial charge in [0.05, 0.1) is 18.7 Å². The first-order valence-electron chi connectivity index (χ1n) is 7.42. The van der Waals surface area contributed by atoms with Gasteiger partial charge in [-0.3, -0.25) is 10.2 Å². The van der Waals surface area contributed by atoms with Crippen LogP contribution in [-0.4, -0.2) is 33.5 Å². The average molecular weight is 409 g/mol. The van der Waals surface area contributed by atoms with Crippen LogP contribution in [0.2, 0.25) is 0 Å². The minimum absolute atomic E-state index is 0.110. The molecule has 0 unspecified atom stereocenters. The number of nitriles is 1. The van der Waals surface area contributed by atoms with Crippen molar-refractivity contribution in [2.24, 2.45) is 0 Å². The molecule has 142 valence electrons. The first kappa shape index (κ1) is 20.4. The van der Waals surface area contributed by atoms with E-state index >= 15 is 0 Å². The normalized spacial score (nSPS) is 11.9. The molecule has 0 aliphatic rings. The third kappa shape index (κ3) is 5.04. The molecular formula is C16H15N3O6S2. The predicted molar refractivity (Wildman–Crippen MR) is 95.4 cm³/mol. The number of hydrogen-bond donors (Lipinski definition) is 2. The van der Waals surface area contributed by atoms with Gasteiger partial charge in [0.15, 0.2) is 6.10 Å². The van der Waals surface area contributed by atoms with E-state index in [0.717, 1.165) is 18.4 Å². The summed E-state index contributed by atoms with van der Waals surface area (Å²) < 4.78 is 34.5. The van der Waals surface area contributed by atoms with E-state index in [9.17, 15) is 18.0 Å². The lowest BCUT2D eigenvalue weighted by Gasteiger charge is -2.15. The van der Waals surface area contributed by atoms with Crippen molar-refractivity contribution < 1.29 is 27.5 Å². The number of hydrogen-bond acceptors (Lipinski definition) is 8. The Hall–Kier alpha value is -2.94. The molecule has 11 heteroatoms. The molecule has 1 aromatic carbocycles. The largest absolute Gasteiger partial charge is 0.481 e. The fraction of sp³-hybridized carbons (Fsp3) is 0.188. The zero-order valence-electron chi connectivity index (χ0n) is 14.3. The number of nitrogens with one attached hydrogen (secondary N) is 2. The smallest absolute Gasteiger partial charge is 0.349 e. The monoisotopic (exact) mass is 409 g/mol.